The zero-order valence-corrected chi connectivity index (χ0v) is 21.1. The van der Waals surface area contributed by atoms with Gasteiger partial charge in [-0.15, -0.1) is 6.42 Å². The third-order valence-corrected chi connectivity index (χ3v) is 6.61. The molecule has 1 aromatic carbocycles. The Kier molecular flexibility index (Phi) is 8.70. The van der Waals surface area contributed by atoms with Crippen molar-refractivity contribution in [3.05, 3.63) is 57.6 Å². The van der Waals surface area contributed by atoms with Gasteiger partial charge >= 0.3 is 25.2 Å². The van der Waals surface area contributed by atoms with Gasteiger partial charge in [-0.25, -0.2) is 18.9 Å². The molecule has 14 nitrogen and oxygen atoms in total. The van der Waals surface area contributed by atoms with Gasteiger partial charge in [0.1, 0.15) is 24.3 Å². The number of phosphoric acid groups is 1. The van der Waals surface area contributed by atoms with Crippen molar-refractivity contribution in [3.8, 4) is 18.1 Å². The van der Waals surface area contributed by atoms with Gasteiger partial charge in [0.25, 0.3) is 0 Å². The highest BCUT2D eigenvalue weighted by Gasteiger charge is 2.55. The van der Waals surface area contributed by atoms with Crippen LogP contribution in [-0.2, 0) is 27.9 Å². The van der Waals surface area contributed by atoms with Crippen molar-refractivity contribution >= 4 is 13.8 Å². The number of phosphoric ester groups is 1. The average molecular weight is 538 g/mol. The smallest absolute Gasteiger partial charge is 0.461 e. The number of para-hydroxylation sites is 1. The number of H-pyrrole nitrogens is 1. The van der Waals surface area contributed by atoms with Gasteiger partial charge in [0.05, 0.1) is 12.7 Å². The van der Waals surface area contributed by atoms with E-state index in [0.717, 1.165) is 10.9 Å². The third-order valence-electron chi connectivity index (χ3n) is 5.13. The summed E-state index contributed by atoms with van der Waals surface area (Å²) in [7, 11) is -4.54. The lowest BCUT2D eigenvalue weighted by atomic mass is 9.92. The molecular weight excluding hydrogens is 511 g/mol. The fourth-order valence-electron chi connectivity index (χ4n) is 3.33. The molecule has 2 aromatic rings. The first-order chi connectivity index (χ1) is 17.4. The van der Waals surface area contributed by atoms with E-state index in [-0.39, 0.29) is 5.75 Å². The zero-order valence-electron chi connectivity index (χ0n) is 20.2. The molecule has 1 aromatic heterocycles. The maximum absolute atomic E-state index is 13.5. The van der Waals surface area contributed by atoms with Gasteiger partial charge in [0, 0.05) is 0 Å². The Morgan fingerprint density at radius 3 is 2.62 bits per heavy atom. The summed E-state index contributed by atoms with van der Waals surface area (Å²) in [5, 5.41) is 10.8. The summed E-state index contributed by atoms with van der Waals surface area (Å²) in [6.07, 6.45) is 0.103. The van der Waals surface area contributed by atoms with E-state index in [4.69, 9.17) is 35.2 Å². The number of aromatic amines is 1. The lowest BCUT2D eigenvalue weighted by Crippen LogP contribution is -2.55. The van der Waals surface area contributed by atoms with Crippen LogP contribution in [0.15, 0.2) is 46.2 Å². The number of carbonyl (C=O) groups excluding carboxylic acids is 1. The van der Waals surface area contributed by atoms with E-state index < -0.39 is 68.0 Å². The quantitative estimate of drug-likeness (QED) is 0.210. The maximum atomic E-state index is 13.5. The van der Waals surface area contributed by atoms with Crippen LogP contribution in [0.4, 0.5) is 0 Å². The summed E-state index contributed by atoms with van der Waals surface area (Å²) in [5.74, 6) is 1.47. The van der Waals surface area contributed by atoms with Crippen molar-refractivity contribution in [2.75, 3.05) is 6.61 Å². The number of nitrogens with two attached hydrogens (primary N) is 1. The van der Waals surface area contributed by atoms with Crippen molar-refractivity contribution in [1.82, 2.24) is 14.5 Å². The number of nitrogens with one attached hydrogen (secondary N) is 1. The zero-order chi connectivity index (χ0) is 27.4. The van der Waals surface area contributed by atoms with Crippen molar-refractivity contribution in [2.45, 2.75) is 57.0 Å². The molecule has 15 heteroatoms. The lowest BCUT2D eigenvalue weighted by molar-refractivity contribution is -0.156. The van der Waals surface area contributed by atoms with Crippen molar-refractivity contribution in [3.63, 3.8) is 0 Å². The van der Waals surface area contributed by atoms with Crippen molar-refractivity contribution < 1.29 is 37.5 Å². The van der Waals surface area contributed by atoms with E-state index >= 15 is 0 Å². The topological polar surface area (TPSA) is 194 Å². The van der Waals surface area contributed by atoms with Gasteiger partial charge in [-0.05, 0) is 32.9 Å². The largest absolute Gasteiger partial charge is 0.530 e. The average Bonchev–Trinajstić information content (AvgIpc) is 3.08. The van der Waals surface area contributed by atoms with Crippen LogP contribution in [0.1, 0.15) is 27.0 Å². The van der Waals surface area contributed by atoms with Crippen LogP contribution in [0.2, 0.25) is 0 Å². The Morgan fingerprint density at radius 1 is 1.35 bits per heavy atom. The number of aromatic nitrogens is 3. The molecule has 37 heavy (non-hydrogen) atoms. The normalized spacial score (nSPS) is 25.7. The number of carbonyl (C=O) groups is 1. The number of rotatable bonds is 10. The number of hydrogen-bond acceptors (Lipinski definition) is 12. The van der Waals surface area contributed by atoms with E-state index in [2.05, 4.69) is 10.9 Å². The van der Waals surface area contributed by atoms with Crippen LogP contribution < -0.4 is 21.6 Å². The summed E-state index contributed by atoms with van der Waals surface area (Å²) in [5.41, 5.74) is 2.34. The first-order valence-corrected chi connectivity index (χ1v) is 12.5. The molecule has 0 bridgehead atoms. The molecule has 1 saturated heterocycles. The maximum Gasteiger partial charge on any atom is 0.530 e. The molecular formula is C22H27N4O10P. The summed E-state index contributed by atoms with van der Waals surface area (Å²) >= 11 is 0. The second-order valence-electron chi connectivity index (χ2n) is 8.32. The standard InChI is InChI=1S/C22H27N4O10P/c1-5-22(23)17(27)16(34-19(22)26-12-24-20(29)25-21(26)30)11-32-37(31,36-15-9-7-6-8-10-15)35-14(4)18(28)33-13(2)3/h1,6-10,12-14,16-17,19,27H,11,23H2,2-4H3,(H,25,29,30)/t14-,16+,17-,19+,22+,37-/m0/s1. The number of nitrogens with zero attached hydrogens (tertiary/aromatic N) is 2. The molecule has 0 unspecified atom stereocenters. The summed E-state index contributed by atoms with van der Waals surface area (Å²) in [4.78, 5) is 41.2. The second kappa shape index (κ2) is 11.4. The first kappa shape index (κ1) is 28.3. The van der Waals surface area contributed by atoms with Gasteiger partial charge in [-0.2, -0.15) is 4.98 Å². The predicted molar refractivity (Wildman–Crippen MR) is 127 cm³/mol. The van der Waals surface area contributed by atoms with Crippen molar-refractivity contribution in [1.29, 1.82) is 0 Å². The molecule has 0 radical (unpaired) electrons. The minimum atomic E-state index is -4.54. The van der Waals surface area contributed by atoms with E-state index in [0.29, 0.717) is 0 Å². The summed E-state index contributed by atoms with van der Waals surface area (Å²) in [6, 6.07) is 7.87. The van der Waals surface area contributed by atoms with Crippen LogP contribution in [0.3, 0.4) is 0 Å². The third kappa shape index (κ3) is 6.53. The number of benzene rings is 1. The molecule has 200 valence electrons. The molecule has 1 aliphatic heterocycles. The van der Waals surface area contributed by atoms with E-state index in [9.17, 15) is 24.1 Å². The second-order valence-corrected chi connectivity index (χ2v) is 9.86. The highest BCUT2D eigenvalue weighted by atomic mass is 31.2. The molecule has 6 atom stereocenters. The van der Waals surface area contributed by atoms with Crippen LogP contribution in [0, 0.1) is 12.3 Å². The number of ether oxygens (including phenoxy) is 2. The van der Waals surface area contributed by atoms with Crippen LogP contribution in [0.25, 0.3) is 0 Å². The Bertz CT molecular complexity index is 1310. The minimum absolute atomic E-state index is 0.101. The number of aliphatic hydroxyl groups excluding tert-OH is 1. The molecule has 1 aliphatic rings. The lowest BCUT2D eigenvalue weighted by Gasteiger charge is -2.27. The number of aliphatic hydroxyl groups is 1. The molecule has 4 N–H and O–H groups in total. The van der Waals surface area contributed by atoms with Crippen LogP contribution in [-0.4, -0.2) is 62.2 Å². The van der Waals surface area contributed by atoms with Crippen LogP contribution in [0.5, 0.6) is 5.75 Å². The van der Waals surface area contributed by atoms with Gasteiger partial charge in [0.15, 0.2) is 17.9 Å². The molecule has 0 saturated carbocycles. The Labute approximate surface area is 211 Å². The number of esters is 1. The number of hydrogen-bond donors (Lipinski definition) is 3. The van der Waals surface area contributed by atoms with Crippen molar-refractivity contribution in [2.24, 2.45) is 5.73 Å². The fourth-order valence-corrected chi connectivity index (χ4v) is 4.67. The summed E-state index contributed by atoms with van der Waals surface area (Å²) in [6.45, 7) is 3.90. The highest BCUT2D eigenvalue weighted by molar-refractivity contribution is 7.49. The molecule has 3 rings (SSSR count). The number of terminal acetylenes is 1. The van der Waals surface area contributed by atoms with Crippen LogP contribution >= 0.6 is 7.82 Å². The van der Waals surface area contributed by atoms with E-state index in [1.54, 1.807) is 32.0 Å². The predicted octanol–water partition coefficient (Wildman–Crippen LogP) is 0.0810. The molecule has 0 amide bonds. The van der Waals surface area contributed by atoms with Gasteiger partial charge in [0.2, 0.25) is 0 Å². The molecule has 2 heterocycles. The fraction of sp³-hybridized carbons (Fsp3) is 0.455. The Morgan fingerprint density at radius 2 is 2.03 bits per heavy atom. The van der Waals surface area contributed by atoms with Gasteiger partial charge in [-0.1, -0.05) is 24.1 Å². The first-order valence-electron chi connectivity index (χ1n) is 11.0. The monoisotopic (exact) mass is 538 g/mol. The highest BCUT2D eigenvalue weighted by Crippen LogP contribution is 2.51. The van der Waals surface area contributed by atoms with Gasteiger partial charge < -0.3 is 24.8 Å². The van der Waals surface area contributed by atoms with E-state index in [1.807, 2.05) is 4.98 Å². The minimum Gasteiger partial charge on any atom is -0.461 e. The molecule has 0 aliphatic carbocycles. The Hall–Kier alpha value is -3.31. The van der Waals surface area contributed by atoms with Gasteiger partial charge in [-0.3, -0.25) is 18.6 Å². The van der Waals surface area contributed by atoms with E-state index in [1.165, 1.54) is 19.1 Å². The molecule has 1 fully saturated rings. The SMILES string of the molecule is C#C[C@@]1(N)[C@@H](O)[C@@H](CO[P@](=O)(Oc2ccccc2)O[C@@H](C)C(=O)OC(C)C)O[C@H]1n1cnc(=O)[nH]c1=O. The summed E-state index contributed by atoms with van der Waals surface area (Å²) < 4.78 is 41.3. The molecule has 0 spiro atoms. The Balaban J connectivity index is 1.84.